The van der Waals surface area contributed by atoms with Crippen LogP contribution in [0.4, 0.5) is 5.69 Å². The molecule has 5 heteroatoms. The molecular weight excluding hydrogens is 281 g/mol. The average Bonchev–Trinajstić information content (AvgIpc) is 2.81. The second kappa shape index (κ2) is 5.11. The number of H-pyrrole nitrogens is 1. The van der Waals surface area contributed by atoms with E-state index in [2.05, 4.69) is 15.3 Å². The molecule has 1 heterocycles. The Kier molecular flexibility index (Phi) is 3.32. The third-order valence-electron chi connectivity index (χ3n) is 2.80. The molecule has 0 aliphatic rings. The number of fused-ring (bicyclic) bond motifs is 1. The Labute approximate surface area is 120 Å². The zero-order chi connectivity index (χ0) is 13.2. The number of nitrogens with zero attached hydrogens (tertiary/aromatic N) is 1. The molecule has 19 heavy (non-hydrogen) atoms. The standard InChI is InChI=1S/C14H11Cl2N3/c15-9-3-1-4-10(7-9)17-8-13-18-12-6-2-5-11(16)14(12)19-13/h1-7,17H,8H2,(H,18,19). The summed E-state index contributed by atoms with van der Waals surface area (Å²) in [6.45, 7) is 0.589. The largest absolute Gasteiger partial charge is 0.378 e. The first-order valence-electron chi connectivity index (χ1n) is 5.85. The van der Waals surface area contributed by atoms with E-state index < -0.39 is 0 Å². The number of benzene rings is 2. The number of imidazole rings is 1. The maximum absolute atomic E-state index is 6.09. The van der Waals surface area contributed by atoms with Crippen LogP contribution in [0, 0.1) is 0 Å². The van der Waals surface area contributed by atoms with E-state index in [0.717, 1.165) is 22.5 Å². The maximum atomic E-state index is 6.09. The molecule has 0 spiro atoms. The summed E-state index contributed by atoms with van der Waals surface area (Å²) in [5.41, 5.74) is 2.70. The number of anilines is 1. The predicted molar refractivity (Wildman–Crippen MR) is 79.9 cm³/mol. The second-order valence-corrected chi connectivity index (χ2v) is 5.03. The van der Waals surface area contributed by atoms with Gasteiger partial charge in [0.25, 0.3) is 0 Å². The van der Waals surface area contributed by atoms with Gasteiger partial charge in [-0.05, 0) is 30.3 Å². The lowest BCUT2D eigenvalue weighted by Crippen LogP contribution is -2.00. The fourth-order valence-corrected chi connectivity index (χ4v) is 2.32. The summed E-state index contributed by atoms with van der Waals surface area (Å²) < 4.78 is 0. The fraction of sp³-hybridized carbons (Fsp3) is 0.0714. The van der Waals surface area contributed by atoms with Gasteiger partial charge < -0.3 is 10.3 Å². The number of halogens is 2. The Morgan fingerprint density at radius 1 is 1.11 bits per heavy atom. The Balaban J connectivity index is 1.80. The van der Waals surface area contributed by atoms with Gasteiger partial charge in [-0.2, -0.15) is 0 Å². The van der Waals surface area contributed by atoms with E-state index in [-0.39, 0.29) is 0 Å². The molecular formula is C14H11Cl2N3. The minimum Gasteiger partial charge on any atom is -0.378 e. The number of hydrogen-bond donors (Lipinski definition) is 2. The van der Waals surface area contributed by atoms with Gasteiger partial charge in [-0.25, -0.2) is 4.98 Å². The molecule has 0 saturated carbocycles. The lowest BCUT2D eigenvalue weighted by molar-refractivity contribution is 1.01. The third kappa shape index (κ3) is 2.67. The van der Waals surface area contributed by atoms with Crippen molar-refractivity contribution < 1.29 is 0 Å². The van der Waals surface area contributed by atoms with Crippen molar-refractivity contribution in [3.05, 3.63) is 58.3 Å². The van der Waals surface area contributed by atoms with Crippen molar-refractivity contribution in [2.45, 2.75) is 6.54 Å². The van der Waals surface area contributed by atoms with Gasteiger partial charge in [0.15, 0.2) is 0 Å². The van der Waals surface area contributed by atoms with Crippen molar-refractivity contribution in [3.63, 3.8) is 0 Å². The number of aromatic nitrogens is 2. The van der Waals surface area contributed by atoms with Gasteiger partial charge >= 0.3 is 0 Å². The quantitative estimate of drug-likeness (QED) is 0.747. The molecule has 0 bridgehead atoms. The Morgan fingerprint density at radius 2 is 1.95 bits per heavy atom. The average molecular weight is 292 g/mol. The van der Waals surface area contributed by atoms with Crippen LogP contribution in [0.15, 0.2) is 42.5 Å². The number of nitrogens with one attached hydrogen (secondary N) is 2. The zero-order valence-corrected chi connectivity index (χ0v) is 11.5. The van der Waals surface area contributed by atoms with E-state index in [9.17, 15) is 0 Å². The van der Waals surface area contributed by atoms with Gasteiger partial charge in [0, 0.05) is 10.7 Å². The van der Waals surface area contributed by atoms with Crippen LogP contribution >= 0.6 is 23.2 Å². The van der Waals surface area contributed by atoms with Crippen LogP contribution in [0.5, 0.6) is 0 Å². The van der Waals surface area contributed by atoms with Crippen LogP contribution in [0.3, 0.4) is 0 Å². The predicted octanol–water partition coefficient (Wildman–Crippen LogP) is 4.48. The highest BCUT2D eigenvalue weighted by Crippen LogP contribution is 2.21. The molecule has 3 aromatic rings. The van der Waals surface area contributed by atoms with Gasteiger partial charge in [-0.15, -0.1) is 0 Å². The molecule has 0 atom stereocenters. The molecule has 3 rings (SSSR count). The van der Waals surface area contributed by atoms with Crippen LogP contribution in [0.25, 0.3) is 11.0 Å². The SMILES string of the molecule is Clc1cccc(NCc2nc3c(Cl)cccc3[nH]2)c1. The van der Waals surface area contributed by atoms with Crippen molar-refractivity contribution in [1.29, 1.82) is 0 Å². The summed E-state index contributed by atoms with van der Waals surface area (Å²) in [6.07, 6.45) is 0. The van der Waals surface area contributed by atoms with E-state index in [0.29, 0.717) is 16.6 Å². The van der Waals surface area contributed by atoms with E-state index in [1.165, 1.54) is 0 Å². The minimum atomic E-state index is 0.589. The minimum absolute atomic E-state index is 0.589. The highest BCUT2D eigenvalue weighted by atomic mass is 35.5. The molecule has 0 aliphatic heterocycles. The van der Waals surface area contributed by atoms with Crippen molar-refractivity contribution >= 4 is 39.9 Å². The van der Waals surface area contributed by atoms with E-state index in [1.807, 2.05) is 42.5 Å². The summed E-state index contributed by atoms with van der Waals surface area (Å²) in [6, 6.07) is 13.3. The molecule has 0 fully saturated rings. The van der Waals surface area contributed by atoms with Gasteiger partial charge in [0.05, 0.1) is 17.1 Å². The molecule has 3 nitrogen and oxygen atoms in total. The summed E-state index contributed by atoms with van der Waals surface area (Å²) in [7, 11) is 0. The molecule has 0 saturated heterocycles. The molecule has 2 N–H and O–H groups in total. The first kappa shape index (κ1) is 12.3. The van der Waals surface area contributed by atoms with Crippen LogP contribution in [0.2, 0.25) is 10.0 Å². The molecule has 1 aromatic heterocycles. The molecule has 0 aliphatic carbocycles. The van der Waals surface area contributed by atoms with E-state index >= 15 is 0 Å². The van der Waals surface area contributed by atoms with Crippen LogP contribution in [-0.2, 0) is 6.54 Å². The summed E-state index contributed by atoms with van der Waals surface area (Å²) in [5.74, 6) is 0.836. The highest BCUT2D eigenvalue weighted by molar-refractivity contribution is 6.34. The number of hydrogen-bond acceptors (Lipinski definition) is 2. The lowest BCUT2D eigenvalue weighted by atomic mass is 10.3. The molecule has 0 unspecified atom stereocenters. The third-order valence-corrected chi connectivity index (χ3v) is 3.34. The van der Waals surface area contributed by atoms with Gasteiger partial charge in [-0.3, -0.25) is 0 Å². The van der Waals surface area contributed by atoms with Crippen molar-refractivity contribution in [1.82, 2.24) is 9.97 Å². The Bertz CT molecular complexity index is 722. The maximum Gasteiger partial charge on any atom is 0.126 e. The second-order valence-electron chi connectivity index (χ2n) is 4.18. The Hall–Kier alpha value is -1.71. The van der Waals surface area contributed by atoms with Gasteiger partial charge in [0.1, 0.15) is 11.3 Å². The highest BCUT2D eigenvalue weighted by Gasteiger charge is 2.05. The van der Waals surface area contributed by atoms with Gasteiger partial charge in [-0.1, -0.05) is 35.3 Å². The van der Waals surface area contributed by atoms with Crippen molar-refractivity contribution in [2.24, 2.45) is 0 Å². The lowest BCUT2D eigenvalue weighted by Gasteiger charge is -2.04. The van der Waals surface area contributed by atoms with Crippen molar-refractivity contribution in [3.8, 4) is 0 Å². The van der Waals surface area contributed by atoms with Crippen LogP contribution < -0.4 is 5.32 Å². The van der Waals surface area contributed by atoms with E-state index in [1.54, 1.807) is 0 Å². The summed E-state index contributed by atoms with van der Waals surface area (Å²) >= 11 is 12.0. The van der Waals surface area contributed by atoms with Crippen molar-refractivity contribution in [2.75, 3.05) is 5.32 Å². The number of para-hydroxylation sites is 1. The zero-order valence-electron chi connectivity index (χ0n) is 9.95. The smallest absolute Gasteiger partial charge is 0.126 e. The topological polar surface area (TPSA) is 40.7 Å². The molecule has 0 radical (unpaired) electrons. The Morgan fingerprint density at radius 3 is 2.74 bits per heavy atom. The van der Waals surface area contributed by atoms with E-state index in [4.69, 9.17) is 23.2 Å². The summed E-state index contributed by atoms with van der Waals surface area (Å²) in [4.78, 5) is 7.70. The fourth-order valence-electron chi connectivity index (χ4n) is 1.92. The van der Waals surface area contributed by atoms with Crippen LogP contribution in [-0.4, -0.2) is 9.97 Å². The van der Waals surface area contributed by atoms with Gasteiger partial charge in [0.2, 0.25) is 0 Å². The molecule has 0 amide bonds. The number of aromatic amines is 1. The molecule has 96 valence electrons. The number of rotatable bonds is 3. The molecule has 2 aromatic carbocycles. The first-order chi connectivity index (χ1) is 9.22. The monoisotopic (exact) mass is 291 g/mol. The van der Waals surface area contributed by atoms with Crippen LogP contribution in [0.1, 0.15) is 5.82 Å². The first-order valence-corrected chi connectivity index (χ1v) is 6.60. The summed E-state index contributed by atoms with van der Waals surface area (Å²) in [5, 5.41) is 4.62. The normalized spacial score (nSPS) is 10.8.